The molecule has 0 saturated carbocycles. The Morgan fingerprint density at radius 3 is 2.71 bits per heavy atom. The van der Waals surface area contributed by atoms with E-state index in [1.165, 1.54) is 23.9 Å². The summed E-state index contributed by atoms with van der Waals surface area (Å²) in [6.07, 6.45) is 3.50. The second-order valence-corrected chi connectivity index (χ2v) is 9.49. The zero-order valence-corrected chi connectivity index (χ0v) is 17.3. The minimum atomic E-state index is -3.79. The van der Waals surface area contributed by atoms with Crippen molar-refractivity contribution in [1.29, 1.82) is 0 Å². The highest BCUT2D eigenvalue weighted by Gasteiger charge is 2.40. The lowest BCUT2D eigenvalue weighted by Gasteiger charge is -2.15. The van der Waals surface area contributed by atoms with Gasteiger partial charge in [-0.1, -0.05) is 41.6 Å². The second-order valence-electron chi connectivity index (χ2n) is 6.19. The van der Waals surface area contributed by atoms with E-state index in [2.05, 4.69) is 4.98 Å². The van der Waals surface area contributed by atoms with E-state index >= 15 is 0 Å². The minimum absolute atomic E-state index is 0.0704. The molecule has 1 amide bonds. The van der Waals surface area contributed by atoms with Gasteiger partial charge in [-0.2, -0.15) is 0 Å². The molecule has 1 aromatic heterocycles. The largest absolute Gasteiger partial charge is 0.295 e. The lowest BCUT2D eigenvalue weighted by molar-refractivity contribution is 0.0876. The normalized spacial score (nSPS) is 15.1. The molecule has 4 rings (SSSR count). The third-order valence-corrected chi connectivity index (χ3v) is 7.74. The van der Waals surface area contributed by atoms with Crippen LogP contribution in [-0.4, -0.2) is 40.5 Å². The van der Waals surface area contributed by atoms with Gasteiger partial charge in [-0.05, 0) is 36.8 Å². The second kappa shape index (κ2) is 7.27. The van der Waals surface area contributed by atoms with Gasteiger partial charge >= 0.3 is 0 Å². The number of amides is 1. The fourth-order valence-electron chi connectivity index (χ4n) is 3.11. The number of hydrogen-bond donors (Lipinski definition) is 0. The molecule has 0 radical (unpaired) electrons. The molecule has 1 aliphatic rings. The summed E-state index contributed by atoms with van der Waals surface area (Å²) in [6, 6.07) is 11.9. The van der Waals surface area contributed by atoms with Crippen molar-refractivity contribution < 1.29 is 13.2 Å². The molecule has 144 valence electrons. The van der Waals surface area contributed by atoms with Gasteiger partial charge in [0.05, 0.1) is 11.3 Å². The molecule has 2 heterocycles. The van der Waals surface area contributed by atoms with Crippen LogP contribution in [0.5, 0.6) is 0 Å². The number of fused-ring (bicyclic) bond motifs is 1. The van der Waals surface area contributed by atoms with E-state index in [9.17, 15) is 13.2 Å². The summed E-state index contributed by atoms with van der Waals surface area (Å²) in [5.41, 5.74) is 2.06. The molecule has 0 fully saturated rings. The van der Waals surface area contributed by atoms with E-state index in [1.807, 2.05) is 35.9 Å². The SMILES string of the molecule is Cc1c(Cl)cccc1-n1ccnc1SCCN1C(=O)c2ccccc2S1(=O)=O. The number of nitrogens with zero attached hydrogens (tertiary/aromatic N) is 3. The number of carbonyl (C=O) groups excluding carboxylic acids is 1. The molecule has 0 unspecified atom stereocenters. The summed E-state index contributed by atoms with van der Waals surface area (Å²) >= 11 is 7.60. The summed E-state index contributed by atoms with van der Waals surface area (Å²) in [7, 11) is -3.79. The van der Waals surface area contributed by atoms with Crippen LogP contribution in [0.25, 0.3) is 5.69 Å². The zero-order chi connectivity index (χ0) is 19.9. The smallest absolute Gasteiger partial charge is 0.269 e. The number of hydrogen-bond acceptors (Lipinski definition) is 5. The van der Waals surface area contributed by atoms with Crippen LogP contribution in [0.15, 0.2) is 64.9 Å². The molecule has 3 aromatic rings. The molecular weight excluding hydrogens is 418 g/mol. The van der Waals surface area contributed by atoms with E-state index in [0.29, 0.717) is 15.9 Å². The maximum atomic E-state index is 12.6. The van der Waals surface area contributed by atoms with Gasteiger partial charge in [0, 0.05) is 29.7 Å². The Labute approximate surface area is 172 Å². The molecule has 28 heavy (non-hydrogen) atoms. The summed E-state index contributed by atoms with van der Waals surface area (Å²) in [5.74, 6) is -0.0968. The molecule has 9 heteroatoms. The van der Waals surface area contributed by atoms with Gasteiger partial charge in [0.25, 0.3) is 15.9 Å². The molecule has 0 N–H and O–H groups in total. The van der Waals surface area contributed by atoms with Crippen LogP contribution in [0.3, 0.4) is 0 Å². The fourth-order valence-corrected chi connectivity index (χ4v) is 5.85. The number of carbonyl (C=O) groups is 1. The van der Waals surface area contributed by atoms with Crippen LogP contribution < -0.4 is 0 Å². The number of aromatic nitrogens is 2. The number of imidazole rings is 1. The highest BCUT2D eigenvalue weighted by atomic mass is 35.5. The molecule has 6 nitrogen and oxygen atoms in total. The summed E-state index contributed by atoms with van der Waals surface area (Å²) in [6.45, 7) is 2.00. The first-order valence-electron chi connectivity index (χ1n) is 8.49. The standard InChI is InChI=1S/C19H16ClN3O3S2/c1-13-15(20)6-4-7-16(13)22-10-9-21-19(22)27-12-11-23-18(24)14-5-2-3-8-17(14)28(23,25)26/h2-10H,11-12H2,1H3. The quantitative estimate of drug-likeness (QED) is 0.572. The Morgan fingerprint density at radius 1 is 1.14 bits per heavy atom. The van der Waals surface area contributed by atoms with Crippen molar-refractivity contribution in [1.82, 2.24) is 13.9 Å². The highest BCUT2D eigenvalue weighted by Crippen LogP contribution is 2.31. The lowest BCUT2D eigenvalue weighted by Crippen LogP contribution is -2.32. The zero-order valence-electron chi connectivity index (χ0n) is 14.9. The average molecular weight is 434 g/mol. The van der Waals surface area contributed by atoms with Gasteiger partial charge in [-0.3, -0.25) is 9.36 Å². The van der Waals surface area contributed by atoms with E-state index < -0.39 is 15.9 Å². The first kappa shape index (κ1) is 19.0. The first-order chi connectivity index (χ1) is 13.4. The first-order valence-corrected chi connectivity index (χ1v) is 11.3. The molecule has 0 aliphatic carbocycles. The van der Waals surface area contributed by atoms with Crippen molar-refractivity contribution in [2.24, 2.45) is 0 Å². The molecule has 0 saturated heterocycles. The van der Waals surface area contributed by atoms with E-state index in [4.69, 9.17) is 11.6 Å². The molecule has 0 spiro atoms. The molecule has 2 aromatic carbocycles. The predicted octanol–water partition coefficient (Wildman–Crippen LogP) is 3.77. The van der Waals surface area contributed by atoms with Crippen LogP contribution in [0.1, 0.15) is 15.9 Å². The number of rotatable bonds is 5. The third-order valence-electron chi connectivity index (χ3n) is 4.54. The highest BCUT2D eigenvalue weighted by molar-refractivity contribution is 7.99. The van der Waals surface area contributed by atoms with Gasteiger partial charge < -0.3 is 0 Å². The Kier molecular flexibility index (Phi) is 4.95. The lowest BCUT2D eigenvalue weighted by atomic mass is 10.2. The van der Waals surface area contributed by atoms with Gasteiger partial charge in [-0.25, -0.2) is 17.7 Å². The Balaban J connectivity index is 1.52. The van der Waals surface area contributed by atoms with Crippen molar-refractivity contribution in [2.75, 3.05) is 12.3 Å². The fraction of sp³-hybridized carbons (Fsp3) is 0.158. The van der Waals surface area contributed by atoms with E-state index in [0.717, 1.165) is 15.6 Å². The van der Waals surface area contributed by atoms with Crippen molar-refractivity contribution >= 4 is 39.3 Å². The maximum Gasteiger partial charge on any atom is 0.269 e. The average Bonchev–Trinajstić information content (AvgIpc) is 3.21. The summed E-state index contributed by atoms with van der Waals surface area (Å²) < 4.78 is 28.1. The Morgan fingerprint density at radius 2 is 1.93 bits per heavy atom. The van der Waals surface area contributed by atoms with Crippen molar-refractivity contribution in [3.63, 3.8) is 0 Å². The summed E-state index contributed by atoms with van der Waals surface area (Å²) in [5, 5.41) is 1.36. The number of sulfonamides is 1. The molecule has 1 aliphatic heterocycles. The van der Waals surface area contributed by atoms with Crippen LogP contribution in [0.4, 0.5) is 0 Å². The number of halogens is 1. The third kappa shape index (κ3) is 3.11. The Bertz CT molecular complexity index is 1170. The van der Waals surface area contributed by atoms with Crippen molar-refractivity contribution in [3.8, 4) is 5.69 Å². The number of thioether (sulfide) groups is 1. The summed E-state index contributed by atoms with van der Waals surface area (Å²) in [4.78, 5) is 16.9. The van der Waals surface area contributed by atoms with Gasteiger partial charge in [-0.15, -0.1) is 0 Å². The van der Waals surface area contributed by atoms with Gasteiger partial charge in [0.2, 0.25) is 0 Å². The van der Waals surface area contributed by atoms with Crippen LogP contribution in [-0.2, 0) is 10.0 Å². The van der Waals surface area contributed by atoms with Crippen molar-refractivity contribution in [2.45, 2.75) is 17.0 Å². The molecular formula is C19H16ClN3O3S2. The van der Waals surface area contributed by atoms with E-state index in [-0.39, 0.29) is 17.0 Å². The monoisotopic (exact) mass is 433 g/mol. The Hall–Kier alpha value is -2.29. The van der Waals surface area contributed by atoms with Gasteiger partial charge in [0.1, 0.15) is 4.90 Å². The predicted molar refractivity (Wildman–Crippen MR) is 109 cm³/mol. The minimum Gasteiger partial charge on any atom is -0.295 e. The van der Waals surface area contributed by atoms with E-state index in [1.54, 1.807) is 18.3 Å². The molecule has 0 atom stereocenters. The maximum absolute atomic E-state index is 12.6. The van der Waals surface area contributed by atoms with Crippen molar-refractivity contribution in [3.05, 3.63) is 71.0 Å². The molecule has 0 bridgehead atoms. The topological polar surface area (TPSA) is 72.3 Å². The van der Waals surface area contributed by atoms with Gasteiger partial charge in [0.15, 0.2) is 5.16 Å². The van der Waals surface area contributed by atoms with Crippen LogP contribution in [0.2, 0.25) is 5.02 Å². The van der Waals surface area contributed by atoms with Crippen LogP contribution >= 0.6 is 23.4 Å². The van der Waals surface area contributed by atoms with Crippen LogP contribution in [0, 0.1) is 6.92 Å². The number of benzene rings is 2.